The molecule has 5 rings (SSSR count). The summed E-state index contributed by atoms with van der Waals surface area (Å²) in [5.41, 5.74) is 1.89. The molecule has 0 atom stereocenters. The molecule has 2 aliphatic rings. The number of thioether (sulfide) groups is 1. The first-order valence-corrected chi connectivity index (χ1v) is 12.4. The van der Waals surface area contributed by atoms with Crippen LogP contribution in [0.25, 0.3) is 11.0 Å². The van der Waals surface area contributed by atoms with Crippen molar-refractivity contribution >= 4 is 34.5 Å². The van der Waals surface area contributed by atoms with Gasteiger partial charge in [0.25, 0.3) is 5.91 Å². The molecule has 3 aromatic rings. The zero-order valence-corrected chi connectivity index (χ0v) is 18.7. The zero-order chi connectivity index (χ0) is 21.0. The first-order chi connectivity index (χ1) is 15.3. The van der Waals surface area contributed by atoms with E-state index in [1.807, 2.05) is 59.3 Å². The minimum absolute atomic E-state index is 0.0242. The van der Waals surface area contributed by atoms with Gasteiger partial charge in [-0.2, -0.15) is 11.8 Å². The summed E-state index contributed by atoms with van der Waals surface area (Å²) in [5, 5.41) is 1.79. The van der Waals surface area contributed by atoms with Crippen molar-refractivity contribution in [1.82, 2.24) is 9.88 Å². The van der Waals surface area contributed by atoms with E-state index in [9.17, 15) is 4.79 Å². The standard InChI is InChI=1S/C25H29N3O2S/c29-25(28-16-14-27(15-17-28)23-12-6-7-13-26-23)24-21(18-31-19-8-2-1-3-9-19)20-10-4-5-11-22(20)30-24/h4-7,10-13,19H,1-3,8-9,14-18H2. The molecule has 5 nitrogen and oxygen atoms in total. The lowest BCUT2D eigenvalue weighted by Crippen LogP contribution is -2.49. The van der Waals surface area contributed by atoms with Crippen LogP contribution in [0.3, 0.4) is 0 Å². The molecule has 0 radical (unpaired) electrons. The van der Waals surface area contributed by atoms with Gasteiger partial charge in [0.2, 0.25) is 0 Å². The highest BCUT2D eigenvalue weighted by molar-refractivity contribution is 7.99. The Bertz CT molecular complexity index is 1020. The number of anilines is 1. The van der Waals surface area contributed by atoms with E-state index in [1.165, 1.54) is 32.1 Å². The molecule has 0 unspecified atom stereocenters. The zero-order valence-electron chi connectivity index (χ0n) is 17.8. The van der Waals surface area contributed by atoms with Gasteiger partial charge in [-0.15, -0.1) is 0 Å². The number of piperazine rings is 1. The lowest BCUT2D eigenvalue weighted by Gasteiger charge is -2.35. The van der Waals surface area contributed by atoms with Crippen LogP contribution in [0.2, 0.25) is 0 Å². The predicted octanol–water partition coefficient (Wildman–Crippen LogP) is 5.36. The van der Waals surface area contributed by atoms with Crippen LogP contribution in [-0.4, -0.2) is 47.2 Å². The van der Waals surface area contributed by atoms with Crippen LogP contribution >= 0.6 is 11.8 Å². The van der Waals surface area contributed by atoms with E-state index >= 15 is 0 Å². The fraction of sp³-hybridized carbons (Fsp3) is 0.440. The summed E-state index contributed by atoms with van der Waals surface area (Å²) in [6.07, 6.45) is 8.42. The predicted molar refractivity (Wildman–Crippen MR) is 127 cm³/mol. The molecule has 1 amide bonds. The number of amides is 1. The maximum Gasteiger partial charge on any atom is 0.290 e. The molecule has 0 spiro atoms. The van der Waals surface area contributed by atoms with Crippen molar-refractivity contribution in [3.63, 3.8) is 0 Å². The Morgan fingerprint density at radius 2 is 1.77 bits per heavy atom. The van der Waals surface area contributed by atoms with Crippen LogP contribution in [0.4, 0.5) is 5.82 Å². The highest BCUT2D eigenvalue weighted by Crippen LogP contribution is 2.35. The maximum absolute atomic E-state index is 13.5. The molecule has 1 saturated carbocycles. The monoisotopic (exact) mass is 435 g/mol. The van der Waals surface area contributed by atoms with E-state index in [0.29, 0.717) is 24.1 Å². The first-order valence-electron chi connectivity index (χ1n) is 11.4. The quantitative estimate of drug-likeness (QED) is 0.540. The van der Waals surface area contributed by atoms with E-state index in [0.717, 1.165) is 41.2 Å². The minimum atomic E-state index is 0.0242. The summed E-state index contributed by atoms with van der Waals surface area (Å²) in [7, 11) is 0. The molecule has 2 fully saturated rings. The number of furan rings is 1. The second-order valence-corrected chi connectivity index (χ2v) is 9.73. The lowest BCUT2D eigenvalue weighted by atomic mass is 10.0. The molecule has 6 heteroatoms. The molecule has 0 N–H and O–H groups in total. The molecular weight excluding hydrogens is 406 g/mol. The number of nitrogens with zero attached hydrogens (tertiary/aromatic N) is 3. The maximum atomic E-state index is 13.5. The van der Waals surface area contributed by atoms with Crippen molar-refractivity contribution in [1.29, 1.82) is 0 Å². The third-order valence-corrected chi connectivity index (χ3v) is 7.85. The summed E-state index contributed by atoms with van der Waals surface area (Å²) < 4.78 is 6.14. The second kappa shape index (κ2) is 9.35. The van der Waals surface area contributed by atoms with Crippen molar-refractivity contribution < 1.29 is 9.21 Å². The number of rotatable bonds is 5. The Morgan fingerprint density at radius 3 is 2.55 bits per heavy atom. The van der Waals surface area contributed by atoms with Gasteiger partial charge in [-0.25, -0.2) is 4.98 Å². The smallest absolute Gasteiger partial charge is 0.290 e. The van der Waals surface area contributed by atoms with Crippen molar-refractivity contribution in [2.75, 3.05) is 31.1 Å². The average Bonchev–Trinajstić information content (AvgIpc) is 3.22. The Morgan fingerprint density at radius 1 is 1.00 bits per heavy atom. The number of carbonyl (C=O) groups excluding carboxylic acids is 1. The van der Waals surface area contributed by atoms with E-state index in [1.54, 1.807) is 0 Å². The fourth-order valence-electron chi connectivity index (χ4n) is 4.67. The van der Waals surface area contributed by atoms with Crippen LogP contribution in [0, 0.1) is 0 Å². The van der Waals surface area contributed by atoms with Crippen molar-refractivity contribution in [3.8, 4) is 0 Å². The highest BCUT2D eigenvalue weighted by atomic mass is 32.2. The van der Waals surface area contributed by atoms with Gasteiger partial charge >= 0.3 is 0 Å². The van der Waals surface area contributed by atoms with Crippen molar-refractivity contribution in [3.05, 3.63) is 60.0 Å². The Labute approximate surface area is 187 Å². The van der Waals surface area contributed by atoms with E-state index in [4.69, 9.17) is 4.42 Å². The van der Waals surface area contributed by atoms with Crippen LogP contribution in [0.1, 0.15) is 48.2 Å². The normalized spacial score (nSPS) is 17.9. The number of hydrogen-bond acceptors (Lipinski definition) is 5. The molecule has 31 heavy (non-hydrogen) atoms. The van der Waals surface area contributed by atoms with Crippen molar-refractivity contribution in [2.45, 2.75) is 43.1 Å². The molecule has 0 bridgehead atoms. The summed E-state index contributed by atoms with van der Waals surface area (Å²) in [6, 6.07) is 14.0. The third kappa shape index (κ3) is 4.45. The Hall–Kier alpha value is -2.47. The highest BCUT2D eigenvalue weighted by Gasteiger charge is 2.29. The number of carbonyl (C=O) groups is 1. The van der Waals surface area contributed by atoms with Gasteiger partial charge in [0.05, 0.1) is 0 Å². The topological polar surface area (TPSA) is 49.6 Å². The van der Waals surface area contributed by atoms with Crippen LogP contribution < -0.4 is 4.90 Å². The molecule has 1 aromatic carbocycles. The molecule has 162 valence electrons. The molecule has 2 aromatic heterocycles. The first kappa shape index (κ1) is 20.4. The van der Waals surface area contributed by atoms with Crippen LogP contribution in [0.15, 0.2) is 53.1 Å². The summed E-state index contributed by atoms with van der Waals surface area (Å²) in [5.74, 6) is 2.38. The van der Waals surface area contributed by atoms with Crippen LogP contribution in [-0.2, 0) is 5.75 Å². The second-order valence-electron chi connectivity index (χ2n) is 8.44. The van der Waals surface area contributed by atoms with Crippen LogP contribution in [0.5, 0.6) is 0 Å². The number of benzene rings is 1. The van der Waals surface area contributed by atoms with E-state index < -0.39 is 0 Å². The fourth-order valence-corrected chi connectivity index (χ4v) is 6.03. The van der Waals surface area contributed by atoms with Gasteiger partial charge in [0.15, 0.2) is 5.76 Å². The van der Waals surface area contributed by atoms with Gasteiger partial charge in [0.1, 0.15) is 11.4 Å². The number of fused-ring (bicyclic) bond motifs is 1. The van der Waals surface area contributed by atoms with Gasteiger partial charge in [-0.3, -0.25) is 4.79 Å². The SMILES string of the molecule is O=C(c1oc2ccccc2c1CSC1CCCCC1)N1CCN(c2ccccn2)CC1. The number of pyridine rings is 1. The largest absolute Gasteiger partial charge is 0.451 e. The van der Waals surface area contributed by atoms with Gasteiger partial charge in [0, 0.05) is 54.3 Å². The molecular formula is C25H29N3O2S. The molecule has 1 saturated heterocycles. The van der Waals surface area contributed by atoms with Gasteiger partial charge < -0.3 is 14.2 Å². The molecule has 1 aliphatic carbocycles. The number of para-hydroxylation sites is 1. The van der Waals surface area contributed by atoms with E-state index in [2.05, 4.69) is 16.0 Å². The Kier molecular flexibility index (Phi) is 6.16. The summed E-state index contributed by atoms with van der Waals surface area (Å²) in [6.45, 7) is 2.94. The van der Waals surface area contributed by atoms with Crippen molar-refractivity contribution in [2.24, 2.45) is 0 Å². The molecule has 1 aliphatic heterocycles. The molecule has 3 heterocycles. The lowest BCUT2D eigenvalue weighted by molar-refractivity contribution is 0.0715. The van der Waals surface area contributed by atoms with E-state index in [-0.39, 0.29) is 5.91 Å². The van der Waals surface area contributed by atoms with Gasteiger partial charge in [-0.1, -0.05) is 43.5 Å². The Balaban J connectivity index is 1.32. The minimum Gasteiger partial charge on any atom is -0.451 e. The number of aromatic nitrogens is 1. The summed E-state index contributed by atoms with van der Waals surface area (Å²) >= 11 is 2.00. The number of hydrogen-bond donors (Lipinski definition) is 0. The average molecular weight is 436 g/mol. The summed E-state index contributed by atoms with van der Waals surface area (Å²) in [4.78, 5) is 22.1. The third-order valence-electron chi connectivity index (χ3n) is 6.45. The van der Waals surface area contributed by atoms with Gasteiger partial charge in [-0.05, 0) is 31.0 Å².